The van der Waals surface area contributed by atoms with E-state index in [1.54, 1.807) is 13.0 Å². The molecule has 0 amide bonds. The average molecular weight is 451 g/mol. The van der Waals surface area contributed by atoms with Crippen LogP contribution in [-0.4, -0.2) is 13.4 Å². The van der Waals surface area contributed by atoms with E-state index in [-0.39, 0.29) is 26.6 Å². The van der Waals surface area contributed by atoms with Crippen LogP contribution in [0, 0.1) is 43.1 Å². The molecule has 0 bridgehead atoms. The Morgan fingerprint density at radius 1 is 0.933 bits per heavy atom. The van der Waals surface area contributed by atoms with Gasteiger partial charge in [0.05, 0.1) is 11.1 Å². The Morgan fingerprint density at radius 2 is 1.57 bits per heavy atom. The van der Waals surface area contributed by atoms with Gasteiger partial charge in [-0.2, -0.15) is 0 Å². The highest BCUT2D eigenvalue weighted by Crippen LogP contribution is 2.29. The molecule has 3 rings (SSSR count). The summed E-state index contributed by atoms with van der Waals surface area (Å²) < 4.78 is 69.4. The Labute approximate surface area is 176 Å². The summed E-state index contributed by atoms with van der Waals surface area (Å²) in [6, 6.07) is 5.79. The van der Waals surface area contributed by atoms with E-state index < -0.39 is 33.2 Å². The number of aromatic nitrogens is 1. The zero-order valence-electron chi connectivity index (χ0n) is 15.7. The van der Waals surface area contributed by atoms with Crippen molar-refractivity contribution in [2.24, 2.45) is 0 Å². The second-order valence-corrected chi connectivity index (χ2v) is 8.49. The molecule has 0 atom stereocenters. The smallest absolute Gasteiger partial charge is 0.262 e. The molecule has 0 spiro atoms. The van der Waals surface area contributed by atoms with E-state index in [1.165, 1.54) is 19.2 Å². The van der Waals surface area contributed by atoms with Crippen molar-refractivity contribution in [2.75, 3.05) is 4.72 Å². The van der Waals surface area contributed by atoms with Crippen LogP contribution >= 0.6 is 11.6 Å². The molecule has 9 heteroatoms. The first kappa shape index (κ1) is 21.7. The second-order valence-electron chi connectivity index (χ2n) is 6.43. The molecule has 1 aromatic heterocycles. The Morgan fingerprint density at radius 3 is 2.20 bits per heavy atom. The Balaban J connectivity index is 1.95. The standard InChI is InChI=1S/C21H14ClF3N2O2S/c1-12-5-17(22)13(2)20(6-12)30(28,29)27-21-18(24)8-14(9-19(21)25)3-4-15-7-16(23)11-26-10-15/h5-11,27H,1-2H3. The van der Waals surface area contributed by atoms with Crippen molar-refractivity contribution in [1.82, 2.24) is 4.98 Å². The predicted octanol–water partition coefficient (Wildman–Crippen LogP) is 4.97. The molecular formula is C21H14ClF3N2O2S. The van der Waals surface area contributed by atoms with E-state index in [9.17, 15) is 21.6 Å². The number of nitrogens with zero attached hydrogens (tertiary/aromatic N) is 1. The van der Waals surface area contributed by atoms with E-state index in [0.717, 1.165) is 24.4 Å². The maximum absolute atomic E-state index is 14.5. The number of benzene rings is 2. The molecule has 0 saturated carbocycles. The molecule has 0 radical (unpaired) electrons. The highest BCUT2D eigenvalue weighted by atomic mass is 35.5. The van der Waals surface area contributed by atoms with Gasteiger partial charge in [0.2, 0.25) is 0 Å². The summed E-state index contributed by atoms with van der Waals surface area (Å²) in [6.45, 7) is 3.14. The minimum absolute atomic E-state index is 0.0630. The van der Waals surface area contributed by atoms with Crippen LogP contribution in [0.25, 0.3) is 0 Å². The Kier molecular flexibility index (Phi) is 6.06. The van der Waals surface area contributed by atoms with Gasteiger partial charge in [-0.25, -0.2) is 21.6 Å². The van der Waals surface area contributed by atoms with Gasteiger partial charge in [0.1, 0.15) is 11.5 Å². The van der Waals surface area contributed by atoms with Crippen LogP contribution in [0.15, 0.2) is 47.6 Å². The summed E-state index contributed by atoms with van der Waals surface area (Å²) >= 11 is 6.02. The lowest BCUT2D eigenvalue weighted by molar-refractivity contribution is 0.582. The Hall–Kier alpha value is -3.02. The number of halogens is 4. The monoisotopic (exact) mass is 450 g/mol. The second kappa shape index (κ2) is 8.38. The molecule has 1 heterocycles. The van der Waals surface area contributed by atoms with Crippen LogP contribution < -0.4 is 4.72 Å². The van der Waals surface area contributed by atoms with Gasteiger partial charge in [-0.1, -0.05) is 23.4 Å². The molecule has 2 aromatic carbocycles. The van der Waals surface area contributed by atoms with Gasteiger partial charge in [0.15, 0.2) is 11.6 Å². The number of nitrogens with one attached hydrogen (secondary N) is 1. The quantitative estimate of drug-likeness (QED) is 0.573. The summed E-state index contributed by atoms with van der Waals surface area (Å²) in [5.74, 6) is 2.10. The number of hydrogen-bond acceptors (Lipinski definition) is 3. The molecule has 0 aliphatic carbocycles. The number of pyridine rings is 1. The van der Waals surface area contributed by atoms with Crippen molar-refractivity contribution in [1.29, 1.82) is 0 Å². The van der Waals surface area contributed by atoms with E-state index in [1.807, 2.05) is 4.72 Å². The van der Waals surface area contributed by atoms with Gasteiger partial charge in [0.25, 0.3) is 10.0 Å². The van der Waals surface area contributed by atoms with E-state index >= 15 is 0 Å². The summed E-state index contributed by atoms with van der Waals surface area (Å²) in [5.41, 5.74) is 0.135. The predicted molar refractivity (Wildman–Crippen MR) is 108 cm³/mol. The molecule has 3 aromatic rings. The normalized spacial score (nSPS) is 11.0. The topological polar surface area (TPSA) is 59.1 Å². The van der Waals surface area contributed by atoms with Gasteiger partial charge in [-0.3, -0.25) is 9.71 Å². The van der Waals surface area contributed by atoms with Gasteiger partial charge in [-0.15, -0.1) is 0 Å². The fourth-order valence-electron chi connectivity index (χ4n) is 2.62. The largest absolute Gasteiger partial charge is 0.274 e. The number of hydrogen-bond donors (Lipinski definition) is 1. The van der Waals surface area contributed by atoms with Gasteiger partial charge in [0, 0.05) is 22.3 Å². The molecule has 0 unspecified atom stereocenters. The summed E-state index contributed by atoms with van der Waals surface area (Å²) in [4.78, 5) is 3.44. The van der Waals surface area contributed by atoms with Crippen molar-refractivity contribution in [3.63, 3.8) is 0 Å². The molecule has 154 valence electrons. The van der Waals surface area contributed by atoms with Crippen LogP contribution in [-0.2, 0) is 10.0 Å². The van der Waals surface area contributed by atoms with Gasteiger partial charge in [-0.05, 0) is 55.3 Å². The molecule has 30 heavy (non-hydrogen) atoms. The lowest BCUT2D eigenvalue weighted by Crippen LogP contribution is -2.17. The van der Waals surface area contributed by atoms with Crippen molar-refractivity contribution in [3.05, 3.63) is 87.5 Å². The van der Waals surface area contributed by atoms with Crippen LogP contribution in [0.4, 0.5) is 18.9 Å². The third-order valence-corrected chi connectivity index (χ3v) is 5.93. The van der Waals surface area contributed by atoms with Gasteiger partial charge < -0.3 is 0 Å². The summed E-state index contributed by atoms with van der Waals surface area (Å²) in [7, 11) is -4.31. The van der Waals surface area contributed by atoms with Crippen molar-refractivity contribution in [3.8, 4) is 11.8 Å². The maximum atomic E-state index is 14.5. The minimum atomic E-state index is -4.31. The number of anilines is 1. The van der Waals surface area contributed by atoms with Crippen molar-refractivity contribution in [2.45, 2.75) is 18.7 Å². The fourth-order valence-corrected chi connectivity index (χ4v) is 4.38. The average Bonchev–Trinajstić information content (AvgIpc) is 2.66. The zero-order valence-corrected chi connectivity index (χ0v) is 17.3. The lowest BCUT2D eigenvalue weighted by Gasteiger charge is -2.13. The first-order valence-electron chi connectivity index (χ1n) is 8.48. The highest BCUT2D eigenvalue weighted by molar-refractivity contribution is 7.92. The van der Waals surface area contributed by atoms with E-state index in [0.29, 0.717) is 5.56 Å². The van der Waals surface area contributed by atoms with Crippen LogP contribution in [0.2, 0.25) is 5.02 Å². The molecule has 4 nitrogen and oxygen atoms in total. The number of sulfonamides is 1. The number of rotatable bonds is 3. The highest BCUT2D eigenvalue weighted by Gasteiger charge is 2.23. The molecule has 0 aliphatic rings. The molecule has 0 aliphatic heterocycles. The lowest BCUT2D eigenvalue weighted by atomic mass is 10.1. The fraction of sp³-hybridized carbons (Fsp3) is 0.0952. The van der Waals surface area contributed by atoms with Crippen LogP contribution in [0.3, 0.4) is 0 Å². The van der Waals surface area contributed by atoms with E-state index in [4.69, 9.17) is 11.6 Å². The van der Waals surface area contributed by atoms with Crippen LogP contribution in [0.5, 0.6) is 0 Å². The molecular weight excluding hydrogens is 437 g/mol. The SMILES string of the molecule is Cc1cc(Cl)c(C)c(S(=O)(=O)Nc2c(F)cc(C#Cc3cncc(F)c3)cc2F)c1. The van der Waals surface area contributed by atoms with Crippen molar-refractivity contribution < 1.29 is 21.6 Å². The zero-order chi connectivity index (χ0) is 22.1. The maximum Gasteiger partial charge on any atom is 0.262 e. The number of aryl methyl sites for hydroxylation is 1. The third-order valence-electron chi connectivity index (χ3n) is 4.07. The molecule has 1 N–H and O–H groups in total. The van der Waals surface area contributed by atoms with Gasteiger partial charge >= 0.3 is 0 Å². The minimum Gasteiger partial charge on any atom is -0.274 e. The first-order chi connectivity index (χ1) is 14.1. The van der Waals surface area contributed by atoms with E-state index in [2.05, 4.69) is 16.8 Å². The van der Waals surface area contributed by atoms with Crippen LogP contribution in [0.1, 0.15) is 22.3 Å². The Bertz CT molecular complexity index is 1290. The van der Waals surface area contributed by atoms with Crippen molar-refractivity contribution >= 4 is 27.3 Å². The first-order valence-corrected chi connectivity index (χ1v) is 10.3. The summed E-state index contributed by atoms with van der Waals surface area (Å²) in [6.07, 6.45) is 2.29. The third kappa shape index (κ3) is 4.75. The molecule has 0 fully saturated rings. The summed E-state index contributed by atoms with van der Waals surface area (Å²) in [5, 5.41) is 0.216. The molecule has 0 saturated heterocycles.